The fraction of sp³-hybridized carbons (Fsp3) is 0.348. The van der Waals surface area contributed by atoms with Crippen molar-refractivity contribution >= 4 is 16.9 Å². The van der Waals surface area contributed by atoms with Crippen LogP contribution in [0.3, 0.4) is 0 Å². The van der Waals surface area contributed by atoms with Gasteiger partial charge in [-0.1, -0.05) is 32.0 Å². The minimum Gasteiger partial charge on any atom is -0.338 e. The number of pyridine rings is 2. The summed E-state index contributed by atoms with van der Waals surface area (Å²) in [7, 11) is 0. The fourth-order valence-corrected chi connectivity index (χ4v) is 4.30. The Hall–Kier alpha value is -3.02. The lowest BCUT2D eigenvalue weighted by atomic mass is 9.91. The van der Waals surface area contributed by atoms with Gasteiger partial charge in [-0.3, -0.25) is 14.2 Å². The van der Waals surface area contributed by atoms with E-state index in [-0.39, 0.29) is 23.8 Å². The van der Waals surface area contributed by atoms with E-state index < -0.39 is 5.56 Å². The van der Waals surface area contributed by atoms with Crippen LogP contribution in [-0.2, 0) is 6.54 Å². The van der Waals surface area contributed by atoms with Gasteiger partial charge in [-0.25, -0.2) is 9.37 Å². The Morgan fingerprint density at radius 3 is 2.59 bits per heavy atom. The Balaban J connectivity index is 1.81. The summed E-state index contributed by atoms with van der Waals surface area (Å²) in [5.41, 5.74) is 0.502. The number of carbonyl (C=O) groups excluding carboxylic acids is 1. The van der Waals surface area contributed by atoms with Crippen LogP contribution in [0, 0.1) is 17.7 Å². The SMILES string of the molecule is C[C@@H]1C[C@@H](C)CN(C(=O)c2cc3cccnc3n(Cc3ccccc3F)c2=O)C1. The van der Waals surface area contributed by atoms with Crippen LogP contribution >= 0.6 is 0 Å². The highest BCUT2D eigenvalue weighted by Gasteiger charge is 2.28. The third kappa shape index (κ3) is 3.79. The molecule has 2 atom stereocenters. The molecular weight excluding hydrogens is 369 g/mol. The Labute approximate surface area is 168 Å². The third-order valence-corrected chi connectivity index (χ3v) is 5.52. The normalized spacial score (nSPS) is 19.5. The number of rotatable bonds is 3. The molecule has 0 bridgehead atoms. The van der Waals surface area contributed by atoms with Gasteiger partial charge in [-0.05, 0) is 42.5 Å². The first kappa shape index (κ1) is 19.3. The molecule has 1 aromatic carbocycles. The highest BCUT2D eigenvalue weighted by atomic mass is 19.1. The zero-order valence-electron chi connectivity index (χ0n) is 16.6. The van der Waals surface area contributed by atoms with Crippen molar-refractivity contribution < 1.29 is 9.18 Å². The van der Waals surface area contributed by atoms with Gasteiger partial charge >= 0.3 is 0 Å². The van der Waals surface area contributed by atoms with E-state index in [0.29, 0.717) is 41.5 Å². The first-order valence-electron chi connectivity index (χ1n) is 9.95. The van der Waals surface area contributed by atoms with Crippen LogP contribution in [0.1, 0.15) is 36.2 Å². The summed E-state index contributed by atoms with van der Waals surface area (Å²) in [5, 5.41) is 0.685. The van der Waals surface area contributed by atoms with Gasteiger partial charge in [0, 0.05) is 30.2 Å². The van der Waals surface area contributed by atoms with E-state index in [0.717, 1.165) is 6.42 Å². The van der Waals surface area contributed by atoms with Gasteiger partial charge in [-0.15, -0.1) is 0 Å². The molecular formula is C23H24FN3O2. The highest BCUT2D eigenvalue weighted by molar-refractivity contribution is 5.97. The predicted molar refractivity (Wildman–Crippen MR) is 110 cm³/mol. The Morgan fingerprint density at radius 2 is 1.86 bits per heavy atom. The number of likely N-dealkylation sites (tertiary alicyclic amines) is 1. The Morgan fingerprint density at radius 1 is 1.14 bits per heavy atom. The molecule has 1 amide bonds. The molecule has 2 aromatic heterocycles. The van der Waals surface area contributed by atoms with E-state index in [9.17, 15) is 14.0 Å². The van der Waals surface area contributed by atoms with E-state index >= 15 is 0 Å². The van der Waals surface area contributed by atoms with Crippen LogP contribution in [-0.4, -0.2) is 33.4 Å². The number of fused-ring (bicyclic) bond motifs is 1. The largest absolute Gasteiger partial charge is 0.338 e. The molecule has 5 nitrogen and oxygen atoms in total. The van der Waals surface area contributed by atoms with Crippen molar-refractivity contribution in [1.82, 2.24) is 14.5 Å². The van der Waals surface area contributed by atoms with E-state index in [4.69, 9.17) is 0 Å². The molecule has 0 saturated carbocycles. The summed E-state index contributed by atoms with van der Waals surface area (Å²) in [6.07, 6.45) is 2.66. The summed E-state index contributed by atoms with van der Waals surface area (Å²) in [6, 6.07) is 11.5. The van der Waals surface area contributed by atoms with Crippen molar-refractivity contribution in [3.63, 3.8) is 0 Å². The number of piperidine rings is 1. The molecule has 0 spiro atoms. The number of aromatic nitrogens is 2. The lowest BCUT2D eigenvalue weighted by Crippen LogP contribution is -2.44. The van der Waals surface area contributed by atoms with Crippen molar-refractivity contribution in [3.8, 4) is 0 Å². The van der Waals surface area contributed by atoms with Gasteiger partial charge in [0.25, 0.3) is 11.5 Å². The van der Waals surface area contributed by atoms with Gasteiger partial charge in [0.1, 0.15) is 17.0 Å². The smallest absolute Gasteiger partial charge is 0.265 e. The standard InChI is InChI=1S/C23H24FN3O2/c1-15-10-16(2)13-26(12-15)22(28)19-11-17-7-5-9-25-21(17)27(23(19)29)14-18-6-3-4-8-20(18)24/h3-9,11,15-16H,10,12-14H2,1-2H3/t15-,16-/m1/s1. The van der Waals surface area contributed by atoms with E-state index in [1.54, 1.807) is 41.4 Å². The van der Waals surface area contributed by atoms with Crippen molar-refractivity contribution in [2.75, 3.05) is 13.1 Å². The molecule has 1 saturated heterocycles. The molecule has 0 N–H and O–H groups in total. The van der Waals surface area contributed by atoms with Crippen LogP contribution in [0.2, 0.25) is 0 Å². The number of amides is 1. The molecule has 3 aromatic rings. The van der Waals surface area contributed by atoms with Gasteiger partial charge in [-0.2, -0.15) is 0 Å². The number of carbonyl (C=O) groups is 1. The molecule has 29 heavy (non-hydrogen) atoms. The topological polar surface area (TPSA) is 55.2 Å². The number of nitrogens with zero attached hydrogens (tertiary/aromatic N) is 3. The van der Waals surface area contributed by atoms with Gasteiger partial charge < -0.3 is 4.90 Å². The molecule has 1 fully saturated rings. The lowest BCUT2D eigenvalue weighted by Gasteiger charge is -2.35. The van der Waals surface area contributed by atoms with Gasteiger partial charge in [0.2, 0.25) is 0 Å². The number of benzene rings is 1. The molecule has 0 unspecified atom stereocenters. The van der Waals surface area contributed by atoms with Gasteiger partial charge in [0.05, 0.1) is 6.54 Å². The minimum absolute atomic E-state index is 0.0208. The van der Waals surface area contributed by atoms with E-state index in [1.165, 1.54) is 10.6 Å². The van der Waals surface area contributed by atoms with Crippen molar-refractivity contribution in [2.24, 2.45) is 11.8 Å². The molecule has 0 aliphatic carbocycles. The van der Waals surface area contributed by atoms with E-state index in [1.807, 2.05) is 6.07 Å². The average molecular weight is 393 g/mol. The van der Waals surface area contributed by atoms with Crippen LogP contribution in [0.25, 0.3) is 11.0 Å². The molecule has 150 valence electrons. The second-order valence-electron chi connectivity index (χ2n) is 8.11. The third-order valence-electron chi connectivity index (χ3n) is 5.52. The van der Waals surface area contributed by atoms with Crippen molar-refractivity contribution in [2.45, 2.75) is 26.8 Å². The zero-order chi connectivity index (χ0) is 20.5. The summed E-state index contributed by atoms with van der Waals surface area (Å²) in [5.74, 6) is 0.135. The molecule has 6 heteroatoms. The van der Waals surface area contributed by atoms with Crippen LogP contribution in [0.15, 0.2) is 53.5 Å². The molecule has 1 aliphatic heterocycles. The van der Waals surface area contributed by atoms with Crippen molar-refractivity contribution in [1.29, 1.82) is 0 Å². The summed E-state index contributed by atoms with van der Waals surface area (Å²) >= 11 is 0. The summed E-state index contributed by atoms with van der Waals surface area (Å²) in [6.45, 7) is 5.54. The lowest BCUT2D eigenvalue weighted by molar-refractivity contribution is 0.0621. The maximum absolute atomic E-state index is 14.2. The first-order chi connectivity index (χ1) is 13.9. The van der Waals surface area contributed by atoms with Crippen LogP contribution in [0.5, 0.6) is 0 Å². The summed E-state index contributed by atoms with van der Waals surface area (Å²) < 4.78 is 15.6. The second kappa shape index (κ2) is 7.78. The fourth-order valence-electron chi connectivity index (χ4n) is 4.30. The maximum Gasteiger partial charge on any atom is 0.265 e. The average Bonchev–Trinajstić information content (AvgIpc) is 2.70. The molecule has 1 aliphatic rings. The highest BCUT2D eigenvalue weighted by Crippen LogP contribution is 2.23. The monoisotopic (exact) mass is 393 g/mol. The Kier molecular flexibility index (Phi) is 5.18. The molecule has 4 rings (SSSR count). The zero-order valence-corrected chi connectivity index (χ0v) is 16.6. The maximum atomic E-state index is 14.2. The van der Waals surface area contributed by atoms with Crippen LogP contribution < -0.4 is 5.56 Å². The number of hydrogen-bond donors (Lipinski definition) is 0. The van der Waals surface area contributed by atoms with Crippen molar-refractivity contribution in [3.05, 3.63) is 76.0 Å². The predicted octanol–water partition coefficient (Wildman–Crippen LogP) is 3.70. The van der Waals surface area contributed by atoms with Gasteiger partial charge in [0.15, 0.2) is 0 Å². The number of hydrogen-bond acceptors (Lipinski definition) is 3. The number of halogens is 1. The quantitative estimate of drug-likeness (QED) is 0.682. The van der Waals surface area contributed by atoms with E-state index in [2.05, 4.69) is 18.8 Å². The second-order valence-corrected chi connectivity index (χ2v) is 8.11. The Bertz CT molecular complexity index is 1110. The molecule has 0 radical (unpaired) electrons. The first-order valence-corrected chi connectivity index (χ1v) is 9.95. The van der Waals surface area contributed by atoms with Crippen LogP contribution in [0.4, 0.5) is 4.39 Å². The minimum atomic E-state index is -0.435. The molecule has 3 heterocycles. The summed E-state index contributed by atoms with van der Waals surface area (Å²) in [4.78, 5) is 32.6.